The number of halogens is 1. The first-order valence-corrected chi connectivity index (χ1v) is 7.85. The Bertz CT molecular complexity index is 783. The van der Waals surface area contributed by atoms with Crippen LogP contribution in [0.2, 0.25) is 5.02 Å². The van der Waals surface area contributed by atoms with Gasteiger partial charge in [0.1, 0.15) is 4.90 Å². The molecule has 0 saturated heterocycles. The summed E-state index contributed by atoms with van der Waals surface area (Å²) in [6.45, 7) is 1.40. The summed E-state index contributed by atoms with van der Waals surface area (Å²) in [5.41, 5.74) is 6.41. The molecule has 21 heavy (non-hydrogen) atoms. The maximum Gasteiger partial charge on any atom is 0.265 e. The Morgan fingerprint density at radius 2 is 1.86 bits per heavy atom. The minimum atomic E-state index is -3.94. The van der Waals surface area contributed by atoms with Crippen LogP contribution in [0.5, 0.6) is 0 Å². The first-order chi connectivity index (χ1) is 9.81. The van der Waals surface area contributed by atoms with Gasteiger partial charge in [-0.1, -0.05) is 29.8 Å². The number of hydrogen-bond donors (Lipinski definition) is 2. The number of anilines is 2. The van der Waals surface area contributed by atoms with Crippen LogP contribution in [0, 0.1) is 0 Å². The summed E-state index contributed by atoms with van der Waals surface area (Å²) in [6.07, 6.45) is 0. The highest BCUT2D eigenvalue weighted by Crippen LogP contribution is 2.29. The van der Waals surface area contributed by atoms with Crippen molar-refractivity contribution in [1.29, 1.82) is 0 Å². The third kappa shape index (κ3) is 3.34. The van der Waals surface area contributed by atoms with E-state index in [-0.39, 0.29) is 27.1 Å². The summed E-state index contributed by atoms with van der Waals surface area (Å²) in [5, 5.41) is 0.0326. The van der Waals surface area contributed by atoms with Gasteiger partial charge < -0.3 is 5.73 Å². The molecule has 0 aliphatic heterocycles. The normalized spacial score (nSPS) is 11.1. The molecule has 0 aromatic heterocycles. The van der Waals surface area contributed by atoms with Crippen LogP contribution in [-0.4, -0.2) is 14.2 Å². The predicted octanol–water partition coefficient (Wildman–Crippen LogP) is 2.93. The maximum absolute atomic E-state index is 12.4. The van der Waals surface area contributed by atoms with Crippen LogP contribution in [0.25, 0.3) is 0 Å². The Labute approximate surface area is 127 Å². The number of ketones is 1. The third-order valence-electron chi connectivity index (χ3n) is 2.79. The molecule has 5 nitrogen and oxygen atoms in total. The number of hydrogen-bond acceptors (Lipinski definition) is 4. The highest BCUT2D eigenvalue weighted by atomic mass is 35.5. The molecule has 2 aromatic rings. The summed E-state index contributed by atoms with van der Waals surface area (Å²) in [7, 11) is -3.94. The van der Waals surface area contributed by atoms with E-state index in [9.17, 15) is 13.2 Å². The molecular weight excluding hydrogens is 312 g/mol. The third-order valence-corrected chi connectivity index (χ3v) is 4.71. The highest BCUT2D eigenvalue weighted by Gasteiger charge is 2.21. The molecule has 2 aromatic carbocycles. The van der Waals surface area contributed by atoms with Gasteiger partial charge >= 0.3 is 0 Å². The van der Waals surface area contributed by atoms with Gasteiger partial charge in [0.25, 0.3) is 10.0 Å². The average Bonchev–Trinajstić information content (AvgIpc) is 2.37. The van der Waals surface area contributed by atoms with Gasteiger partial charge in [0, 0.05) is 11.3 Å². The molecule has 0 aliphatic carbocycles. The van der Waals surface area contributed by atoms with Crippen LogP contribution in [-0.2, 0) is 10.0 Å². The van der Waals surface area contributed by atoms with E-state index in [1.807, 2.05) is 0 Å². The standard InChI is InChI=1S/C14H13ClN2O3S/c1-9(18)10-4-2-5-11(8-10)17-21(19,20)14-12(15)6-3-7-13(14)16/h2-8,17H,16H2,1H3. The summed E-state index contributed by atoms with van der Waals surface area (Å²) >= 11 is 5.91. The number of Topliss-reactive ketones (excluding diaryl/α,β-unsaturated/α-hetero) is 1. The zero-order chi connectivity index (χ0) is 15.6. The molecule has 0 fully saturated rings. The Hall–Kier alpha value is -2.05. The van der Waals surface area contributed by atoms with Crippen LogP contribution >= 0.6 is 11.6 Å². The van der Waals surface area contributed by atoms with Crippen molar-refractivity contribution in [3.8, 4) is 0 Å². The van der Waals surface area contributed by atoms with Crippen molar-refractivity contribution in [2.45, 2.75) is 11.8 Å². The molecule has 0 atom stereocenters. The molecule has 0 spiro atoms. The van der Waals surface area contributed by atoms with Crippen molar-refractivity contribution in [3.05, 3.63) is 53.1 Å². The van der Waals surface area contributed by atoms with Gasteiger partial charge in [0.2, 0.25) is 0 Å². The van der Waals surface area contributed by atoms with Crippen molar-refractivity contribution < 1.29 is 13.2 Å². The van der Waals surface area contributed by atoms with Crippen LogP contribution in [0.1, 0.15) is 17.3 Å². The van der Waals surface area contributed by atoms with Crippen molar-refractivity contribution in [3.63, 3.8) is 0 Å². The first-order valence-electron chi connectivity index (χ1n) is 5.99. The number of benzene rings is 2. The van der Waals surface area contributed by atoms with Gasteiger partial charge in [0.15, 0.2) is 5.78 Å². The zero-order valence-corrected chi connectivity index (χ0v) is 12.7. The second-order valence-electron chi connectivity index (χ2n) is 4.40. The summed E-state index contributed by atoms with van der Waals surface area (Å²) < 4.78 is 27.1. The monoisotopic (exact) mass is 324 g/mol. The van der Waals surface area contributed by atoms with Crippen LogP contribution in [0.15, 0.2) is 47.4 Å². The lowest BCUT2D eigenvalue weighted by Crippen LogP contribution is -2.15. The number of nitrogens with two attached hydrogens (primary N) is 1. The first kappa shape index (κ1) is 15.3. The fraction of sp³-hybridized carbons (Fsp3) is 0.0714. The quantitative estimate of drug-likeness (QED) is 0.668. The van der Waals surface area contributed by atoms with Crippen LogP contribution in [0.3, 0.4) is 0 Å². The molecule has 0 amide bonds. The Morgan fingerprint density at radius 1 is 1.19 bits per heavy atom. The second-order valence-corrected chi connectivity index (χ2v) is 6.43. The molecule has 0 saturated carbocycles. The van der Waals surface area contributed by atoms with E-state index in [0.29, 0.717) is 5.56 Å². The molecule has 3 N–H and O–H groups in total. The van der Waals surface area contributed by atoms with Crippen molar-refractivity contribution in [2.75, 3.05) is 10.5 Å². The minimum Gasteiger partial charge on any atom is -0.398 e. The van der Waals surface area contributed by atoms with E-state index in [2.05, 4.69) is 4.72 Å². The Balaban J connectivity index is 2.43. The van der Waals surface area contributed by atoms with E-state index in [4.69, 9.17) is 17.3 Å². The van der Waals surface area contributed by atoms with Gasteiger partial charge in [-0.3, -0.25) is 9.52 Å². The van der Waals surface area contributed by atoms with E-state index in [1.54, 1.807) is 18.2 Å². The Kier molecular flexibility index (Phi) is 4.20. The van der Waals surface area contributed by atoms with Crippen LogP contribution < -0.4 is 10.5 Å². The topological polar surface area (TPSA) is 89.3 Å². The van der Waals surface area contributed by atoms with Crippen molar-refractivity contribution in [1.82, 2.24) is 0 Å². The number of nitrogens with one attached hydrogen (secondary N) is 1. The van der Waals surface area contributed by atoms with Crippen molar-refractivity contribution in [2.24, 2.45) is 0 Å². The van der Waals surface area contributed by atoms with Gasteiger partial charge in [-0.05, 0) is 31.2 Å². The Morgan fingerprint density at radius 3 is 2.48 bits per heavy atom. The fourth-order valence-electron chi connectivity index (χ4n) is 1.82. The lowest BCUT2D eigenvalue weighted by atomic mass is 10.1. The van der Waals surface area contributed by atoms with E-state index >= 15 is 0 Å². The highest BCUT2D eigenvalue weighted by molar-refractivity contribution is 7.93. The molecule has 0 bridgehead atoms. The van der Waals surface area contributed by atoms with Gasteiger partial charge in [-0.15, -0.1) is 0 Å². The van der Waals surface area contributed by atoms with Gasteiger partial charge in [-0.25, -0.2) is 8.42 Å². The maximum atomic E-state index is 12.4. The molecule has 0 unspecified atom stereocenters. The molecule has 2 rings (SSSR count). The van der Waals surface area contributed by atoms with Gasteiger partial charge in [0.05, 0.1) is 10.7 Å². The van der Waals surface area contributed by atoms with Crippen LogP contribution in [0.4, 0.5) is 11.4 Å². The summed E-state index contributed by atoms with van der Waals surface area (Å²) in [6, 6.07) is 10.6. The van der Waals surface area contributed by atoms with E-state index in [1.165, 1.54) is 31.2 Å². The number of nitrogen functional groups attached to an aromatic ring is 1. The number of sulfonamides is 1. The number of carbonyl (C=O) groups is 1. The average molecular weight is 325 g/mol. The predicted molar refractivity (Wildman–Crippen MR) is 83.1 cm³/mol. The molecule has 0 heterocycles. The largest absolute Gasteiger partial charge is 0.398 e. The minimum absolute atomic E-state index is 0.0326. The SMILES string of the molecule is CC(=O)c1cccc(NS(=O)(=O)c2c(N)cccc2Cl)c1. The fourth-order valence-corrected chi connectivity index (χ4v) is 3.55. The molecule has 7 heteroatoms. The molecule has 0 radical (unpaired) electrons. The van der Waals surface area contributed by atoms with E-state index < -0.39 is 10.0 Å². The lowest BCUT2D eigenvalue weighted by molar-refractivity contribution is 0.101. The van der Waals surface area contributed by atoms with Crippen molar-refractivity contribution >= 4 is 38.8 Å². The lowest BCUT2D eigenvalue weighted by Gasteiger charge is -2.12. The summed E-state index contributed by atoms with van der Waals surface area (Å²) in [4.78, 5) is 11.1. The zero-order valence-electron chi connectivity index (χ0n) is 11.1. The number of rotatable bonds is 4. The van der Waals surface area contributed by atoms with E-state index in [0.717, 1.165) is 0 Å². The van der Waals surface area contributed by atoms with Gasteiger partial charge in [-0.2, -0.15) is 0 Å². The smallest absolute Gasteiger partial charge is 0.265 e. The molecular formula is C14H13ClN2O3S. The molecule has 0 aliphatic rings. The number of carbonyl (C=O) groups excluding carboxylic acids is 1. The molecule has 110 valence electrons. The summed E-state index contributed by atoms with van der Waals surface area (Å²) in [5.74, 6) is -0.159. The second kappa shape index (κ2) is 5.75.